The number of hydrogen-bond acceptors (Lipinski definition) is 1. The first kappa shape index (κ1) is 20.3. The van der Waals surface area contributed by atoms with Crippen LogP contribution in [0.5, 0.6) is 0 Å². The molecule has 0 N–H and O–H groups in total. The fourth-order valence-electron chi connectivity index (χ4n) is 4.13. The van der Waals surface area contributed by atoms with E-state index in [1.165, 1.54) is 17.8 Å². The molecule has 0 spiro atoms. The lowest BCUT2D eigenvalue weighted by Gasteiger charge is -2.15. The minimum atomic E-state index is -0.861. The van der Waals surface area contributed by atoms with E-state index in [1.807, 2.05) is 6.92 Å². The van der Waals surface area contributed by atoms with Gasteiger partial charge in [0, 0.05) is 10.5 Å². The summed E-state index contributed by atoms with van der Waals surface area (Å²) in [4.78, 5) is 0.547. The Balaban J connectivity index is 1.84. The number of halogens is 3. The van der Waals surface area contributed by atoms with Gasteiger partial charge in [0.15, 0.2) is 11.6 Å². The first-order valence-electron chi connectivity index (χ1n) is 9.95. The molecule has 0 heterocycles. The molecule has 146 valence electrons. The van der Waals surface area contributed by atoms with Crippen LogP contribution in [0, 0.1) is 23.4 Å². The van der Waals surface area contributed by atoms with Crippen molar-refractivity contribution in [2.24, 2.45) is 5.92 Å². The van der Waals surface area contributed by atoms with Crippen molar-refractivity contribution in [2.45, 2.75) is 63.2 Å². The molecule has 1 aliphatic rings. The predicted octanol–water partition coefficient (Wildman–Crippen LogP) is 7.96. The average molecular weight is 393 g/mol. The van der Waals surface area contributed by atoms with Crippen LogP contribution in [0.3, 0.4) is 0 Å². The number of thioether (sulfide) groups is 1. The second kappa shape index (κ2) is 9.18. The van der Waals surface area contributed by atoms with Gasteiger partial charge in [-0.15, -0.1) is 11.8 Å². The minimum absolute atomic E-state index is 0.0923. The first-order valence-corrected chi connectivity index (χ1v) is 10.9. The summed E-state index contributed by atoms with van der Waals surface area (Å²) in [7, 11) is 0. The van der Waals surface area contributed by atoms with Crippen molar-refractivity contribution < 1.29 is 13.2 Å². The van der Waals surface area contributed by atoms with E-state index in [2.05, 4.69) is 6.92 Å². The fourth-order valence-corrected chi connectivity index (χ4v) is 4.91. The molecular weight excluding hydrogens is 365 g/mol. The molecule has 0 radical (unpaired) electrons. The normalized spacial score (nSPS) is 19.6. The van der Waals surface area contributed by atoms with Gasteiger partial charge in [-0.25, -0.2) is 13.2 Å². The van der Waals surface area contributed by atoms with Crippen molar-refractivity contribution in [3.05, 3.63) is 53.3 Å². The van der Waals surface area contributed by atoms with Crippen LogP contribution in [0.15, 0.2) is 35.2 Å². The van der Waals surface area contributed by atoms with E-state index in [-0.39, 0.29) is 17.3 Å². The summed E-state index contributed by atoms with van der Waals surface area (Å²) in [6.45, 7) is 4.20. The summed E-state index contributed by atoms with van der Waals surface area (Å²) in [5.74, 6) is -0.472. The second-order valence-electron chi connectivity index (χ2n) is 7.49. The van der Waals surface area contributed by atoms with Crippen LogP contribution in [0.1, 0.15) is 63.9 Å². The summed E-state index contributed by atoms with van der Waals surface area (Å²) >= 11 is 1.44. The Labute approximate surface area is 164 Å². The van der Waals surface area contributed by atoms with Crippen LogP contribution in [-0.2, 0) is 0 Å². The van der Waals surface area contributed by atoms with Crippen LogP contribution >= 0.6 is 11.8 Å². The summed E-state index contributed by atoms with van der Waals surface area (Å²) in [6.07, 6.45) is 6.17. The van der Waals surface area contributed by atoms with Gasteiger partial charge in [-0.1, -0.05) is 44.9 Å². The largest absolute Gasteiger partial charge is 0.206 e. The molecule has 0 aromatic heterocycles. The smallest absolute Gasteiger partial charge is 0.166 e. The lowest BCUT2D eigenvalue weighted by Crippen LogP contribution is -2.02. The van der Waals surface area contributed by atoms with E-state index in [0.29, 0.717) is 21.9 Å². The molecule has 2 aromatic rings. The van der Waals surface area contributed by atoms with Gasteiger partial charge in [-0.05, 0) is 66.5 Å². The molecule has 0 bridgehead atoms. The minimum Gasteiger partial charge on any atom is -0.206 e. The van der Waals surface area contributed by atoms with Crippen molar-refractivity contribution >= 4 is 11.8 Å². The highest BCUT2D eigenvalue weighted by Gasteiger charge is 2.29. The zero-order valence-corrected chi connectivity index (χ0v) is 16.8. The Bertz CT molecular complexity index is 787. The zero-order chi connectivity index (χ0) is 19.4. The third kappa shape index (κ3) is 4.53. The van der Waals surface area contributed by atoms with E-state index < -0.39 is 11.6 Å². The molecule has 2 aromatic carbocycles. The second-order valence-corrected chi connectivity index (χ2v) is 8.63. The van der Waals surface area contributed by atoms with Gasteiger partial charge < -0.3 is 0 Å². The maximum atomic E-state index is 14.8. The highest BCUT2D eigenvalue weighted by atomic mass is 32.2. The summed E-state index contributed by atoms with van der Waals surface area (Å²) < 4.78 is 43.9. The number of rotatable bonds is 7. The maximum Gasteiger partial charge on any atom is 0.166 e. The van der Waals surface area contributed by atoms with E-state index in [1.54, 1.807) is 24.3 Å². The van der Waals surface area contributed by atoms with Crippen LogP contribution in [0.4, 0.5) is 13.2 Å². The standard InChI is InChI=1S/C23H27F3S/c1-3-5-15-6-7-16(13-15)18-9-10-19(23(26)22(18)25)17-8-11-21(20(24)14-17)27-12-4-2/h8-11,14-16H,3-7,12-13H2,1-2H3. The molecular formula is C23H27F3S. The molecule has 1 fully saturated rings. The van der Waals surface area contributed by atoms with Gasteiger partial charge in [0.25, 0.3) is 0 Å². The first-order chi connectivity index (χ1) is 13.0. The highest BCUT2D eigenvalue weighted by molar-refractivity contribution is 7.99. The topological polar surface area (TPSA) is 0 Å². The van der Waals surface area contributed by atoms with E-state index in [9.17, 15) is 13.2 Å². The van der Waals surface area contributed by atoms with Gasteiger partial charge in [0.1, 0.15) is 5.82 Å². The fraction of sp³-hybridized carbons (Fsp3) is 0.478. The van der Waals surface area contributed by atoms with Crippen molar-refractivity contribution in [3.63, 3.8) is 0 Å². The molecule has 0 saturated heterocycles. The monoisotopic (exact) mass is 392 g/mol. The molecule has 1 aliphatic carbocycles. The molecule has 3 rings (SSSR count). The van der Waals surface area contributed by atoms with E-state index >= 15 is 0 Å². The SMILES string of the molecule is CCCSc1ccc(-c2ccc(C3CCC(CCC)C3)c(F)c2F)cc1F. The van der Waals surface area contributed by atoms with Gasteiger partial charge in [-0.2, -0.15) is 0 Å². The van der Waals surface area contributed by atoms with Crippen molar-refractivity contribution in [1.29, 1.82) is 0 Å². The third-order valence-corrected chi connectivity index (χ3v) is 6.75. The van der Waals surface area contributed by atoms with Gasteiger partial charge in [0.2, 0.25) is 0 Å². The Morgan fingerprint density at radius 2 is 1.78 bits per heavy atom. The molecule has 0 amide bonds. The molecule has 2 unspecified atom stereocenters. The lowest BCUT2D eigenvalue weighted by molar-refractivity contribution is 0.471. The van der Waals surface area contributed by atoms with Crippen LogP contribution in [0.25, 0.3) is 11.1 Å². The third-order valence-electron chi connectivity index (χ3n) is 5.49. The van der Waals surface area contributed by atoms with Crippen LogP contribution < -0.4 is 0 Å². The van der Waals surface area contributed by atoms with Crippen LogP contribution in [0.2, 0.25) is 0 Å². The molecule has 27 heavy (non-hydrogen) atoms. The molecule has 1 saturated carbocycles. The molecule has 2 atom stereocenters. The summed E-state index contributed by atoms with van der Waals surface area (Å²) in [6, 6.07) is 7.94. The highest BCUT2D eigenvalue weighted by Crippen LogP contribution is 2.42. The Morgan fingerprint density at radius 3 is 2.48 bits per heavy atom. The summed E-state index contributed by atoms with van der Waals surface area (Å²) in [5, 5.41) is 0. The predicted molar refractivity (Wildman–Crippen MR) is 108 cm³/mol. The zero-order valence-electron chi connectivity index (χ0n) is 16.0. The van der Waals surface area contributed by atoms with Gasteiger partial charge in [-0.3, -0.25) is 0 Å². The number of benzene rings is 2. The Morgan fingerprint density at radius 1 is 0.963 bits per heavy atom. The quantitative estimate of drug-likeness (QED) is 0.431. The Kier molecular flexibility index (Phi) is 6.91. The Hall–Kier alpha value is -1.42. The van der Waals surface area contributed by atoms with Crippen molar-refractivity contribution in [2.75, 3.05) is 5.75 Å². The maximum absolute atomic E-state index is 14.8. The van der Waals surface area contributed by atoms with E-state index in [4.69, 9.17) is 0 Å². The van der Waals surface area contributed by atoms with Gasteiger partial charge in [0.05, 0.1) is 0 Å². The van der Waals surface area contributed by atoms with E-state index in [0.717, 1.165) is 44.3 Å². The van der Waals surface area contributed by atoms with Crippen LogP contribution in [-0.4, -0.2) is 5.75 Å². The lowest BCUT2D eigenvalue weighted by atomic mass is 9.92. The van der Waals surface area contributed by atoms with Crippen molar-refractivity contribution in [3.8, 4) is 11.1 Å². The molecule has 0 aliphatic heterocycles. The molecule has 0 nitrogen and oxygen atoms in total. The van der Waals surface area contributed by atoms with Gasteiger partial charge >= 0.3 is 0 Å². The average Bonchev–Trinajstić information content (AvgIpc) is 3.11. The molecule has 4 heteroatoms. The number of hydrogen-bond donors (Lipinski definition) is 0. The van der Waals surface area contributed by atoms with Crippen molar-refractivity contribution in [1.82, 2.24) is 0 Å². The summed E-state index contributed by atoms with van der Waals surface area (Å²) in [5.41, 5.74) is 0.988.